The molecule has 0 amide bonds. The van der Waals surface area contributed by atoms with Crippen molar-refractivity contribution in [2.24, 2.45) is 0 Å². The second-order valence-electron chi connectivity index (χ2n) is 4.68. The number of hydrogen-bond donors (Lipinski definition) is 1. The molecule has 1 N–H and O–H groups in total. The van der Waals surface area contributed by atoms with Gasteiger partial charge in [0.15, 0.2) is 5.82 Å². The van der Waals surface area contributed by atoms with Crippen molar-refractivity contribution in [1.82, 2.24) is 0 Å². The molecular formula is C12H17FN2O2. The fourth-order valence-electron chi connectivity index (χ4n) is 1.77. The molecule has 0 aliphatic carbocycles. The predicted octanol–water partition coefficient (Wildman–Crippen LogP) is 3.72. The van der Waals surface area contributed by atoms with Crippen molar-refractivity contribution in [1.29, 1.82) is 0 Å². The van der Waals surface area contributed by atoms with Gasteiger partial charge in [0.05, 0.1) is 16.7 Å². The van der Waals surface area contributed by atoms with Crippen LogP contribution in [0.5, 0.6) is 0 Å². The SMILES string of the molecule is CCCC(C)(C)Nc1ccc([N+](=O)[O-])cc1F. The van der Waals surface area contributed by atoms with Crippen molar-refractivity contribution in [2.45, 2.75) is 39.2 Å². The van der Waals surface area contributed by atoms with Gasteiger partial charge < -0.3 is 5.32 Å². The number of anilines is 1. The Bertz CT molecular complexity index is 419. The van der Waals surface area contributed by atoms with Gasteiger partial charge in [0.25, 0.3) is 5.69 Å². The Morgan fingerprint density at radius 2 is 2.12 bits per heavy atom. The molecule has 94 valence electrons. The monoisotopic (exact) mass is 240 g/mol. The lowest BCUT2D eigenvalue weighted by Crippen LogP contribution is -2.30. The molecule has 0 radical (unpaired) electrons. The van der Waals surface area contributed by atoms with Gasteiger partial charge in [0.2, 0.25) is 0 Å². The van der Waals surface area contributed by atoms with Crippen molar-refractivity contribution in [3.05, 3.63) is 34.1 Å². The normalized spacial score (nSPS) is 11.3. The molecule has 17 heavy (non-hydrogen) atoms. The van der Waals surface area contributed by atoms with Gasteiger partial charge in [-0.2, -0.15) is 0 Å². The number of benzene rings is 1. The van der Waals surface area contributed by atoms with Crippen LogP contribution in [-0.2, 0) is 0 Å². The van der Waals surface area contributed by atoms with Crippen LogP contribution in [0.15, 0.2) is 18.2 Å². The van der Waals surface area contributed by atoms with Gasteiger partial charge in [0.1, 0.15) is 0 Å². The van der Waals surface area contributed by atoms with E-state index in [9.17, 15) is 14.5 Å². The van der Waals surface area contributed by atoms with Crippen LogP contribution in [0.25, 0.3) is 0 Å². The number of nitrogens with zero attached hydrogens (tertiary/aromatic N) is 1. The molecule has 0 aliphatic rings. The minimum absolute atomic E-state index is 0.230. The highest BCUT2D eigenvalue weighted by atomic mass is 19.1. The van der Waals surface area contributed by atoms with Gasteiger partial charge in [-0.1, -0.05) is 13.3 Å². The molecule has 0 bridgehead atoms. The summed E-state index contributed by atoms with van der Waals surface area (Å²) >= 11 is 0. The molecule has 0 aromatic heterocycles. The van der Waals surface area contributed by atoms with Crippen LogP contribution in [-0.4, -0.2) is 10.5 Å². The van der Waals surface area contributed by atoms with E-state index in [1.807, 2.05) is 13.8 Å². The molecule has 0 saturated heterocycles. The van der Waals surface area contributed by atoms with Gasteiger partial charge in [-0.15, -0.1) is 0 Å². The lowest BCUT2D eigenvalue weighted by molar-refractivity contribution is -0.385. The predicted molar refractivity (Wildman–Crippen MR) is 65.7 cm³/mol. The van der Waals surface area contributed by atoms with E-state index >= 15 is 0 Å². The molecule has 0 aliphatic heterocycles. The standard InChI is InChI=1S/C12H17FN2O2/c1-4-7-12(2,3)14-11-6-5-9(15(16)17)8-10(11)13/h5-6,8,14H,4,7H2,1-3H3. The van der Waals surface area contributed by atoms with Gasteiger partial charge >= 0.3 is 0 Å². The summed E-state index contributed by atoms with van der Waals surface area (Å²) in [4.78, 5) is 9.86. The summed E-state index contributed by atoms with van der Waals surface area (Å²) < 4.78 is 13.6. The van der Waals surface area contributed by atoms with Crippen LogP contribution in [0, 0.1) is 15.9 Å². The van der Waals surface area contributed by atoms with Crippen molar-refractivity contribution in [2.75, 3.05) is 5.32 Å². The highest BCUT2D eigenvalue weighted by Gasteiger charge is 2.19. The van der Waals surface area contributed by atoms with Gasteiger partial charge in [-0.3, -0.25) is 10.1 Å². The molecule has 0 saturated carbocycles. The van der Waals surface area contributed by atoms with Gasteiger partial charge in [-0.05, 0) is 26.3 Å². The lowest BCUT2D eigenvalue weighted by Gasteiger charge is -2.27. The summed E-state index contributed by atoms with van der Waals surface area (Å²) in [7, 11) is 0. The second-order valence-corrected chi connectivity index (χ2v) is 4.68. The highest BCUT2D eigenvalue weighted by Crippen LogP contribution is 2.25. The molecule has 1 aromatic rings. The summed E-state index contributed by atoms with van der Waals surface area (Å²) in [6.45, 7) is 5.99. The topological polar surface area (TPSA) is 55.2 Å². The average Bonchev–Trinajstić information content (AvgIpc) is 2.20. The Balaban J connectivity index is 2.90. The first-order valence-electron chi connectivity index (χ1n) is 5.58. The largest absolute Gasteiger partial charge is 0.378 e. The number of halogens is 1. The van der Waals surface area contributed by atoms with Crippen LogP contribution < -0.4 is 5.32 Å². The summed E-state index contributed by atoms with van der Waals surface area (Å²) in [5.74, 6) is -0.594. The molecule has 1 aromatic carbocycles. The average molecular weight is 240 g/mol. The lowest BCUT2D eigenvalue weighted by atomic mass is 9.98. The number of nitro benzene ring substituents is 1. The van der Waals surface area contributed by atoms with Gasteiger partial charge in [0, 0.05) is 11.6 Å². The molecule has 0 spiro atoms. The molecule has 5 heteroatoms. The van der Waals surface area contributed by atoms with Crippen LogP contribution in [0.3, 0.4) is 0 Å². The maximum Gasteiger partial charge on any atom is 0.272 e. The zero-order chi connectivity index (χ0) is 13.1. The Kier molecular flexibility index (Phi) is 4.04. The third kappa shape index (κ3) is 3.69. The molecule has 0 heterocycles. The number of nitrogens with one attached hydrogen (secondary N) is 1. The highest BCUT2D eigenvalue weighted by molar-refractivity contribution is 5.51. The first kappa shape index (κ1) is 13.4. The van der Waals surface area contributed by atoms with E-state index in [4.69, 9.17) is 0 Å². The maximum absolute atomic E-state index is 13.6. The van der Waals surface area contributed by atoms with Crippen molar-refractivity contribution in [3.63, 3.8) is 0 Å². The van der Waals surface area contributed by atoms with E-state index in [1.54, 1.807) is 0 Å². The number of rotatable bonds is 5. The van der Waals surface area contributed by atoms with E-state index < -0.39 is 10.7 Å². The van der Waals surface area contributed by atoms with E-state index in [1.165, 1.54) is 12.1 Å². The Morgan fingerprint density at radius 1 is 1.47 bits per heavy atom. The first-order chi connectivity index (χ1) is 7.85. The van der Waals surface area contributed by atoms with Crippen LogP contribution in [0.4, 0.5) is 15.8 Å². The summed E-state index contributed by atoms with van der Waals surface area (Å²) in [6, 6.07) is 3.64. The maximum atomic E-state index is 13.6. The third-order valence-corrected chi connectivity index (χ3v) is 2.51. The molecule has 0 fully saturated rings. The molecule has 1 rings (SSSR count). The summed E-state index contributed by atoms with van der Waals surface area (Å²) in [5, 5.41) is 13.5. The number of non-ortho nitro benzene ring substituents is 1. The third-order valence-electron chi connectivity index (χ3n) is 2.51. The number of nitro groups is 1. The fraction of sp³-hybridized carbons (Fsp3) is 0.500. The van der Waals surface area contributed by atoms with E-state index in [0.29, 0.717) is 5.69 Å². The molecule has 0 unspecified atom stereocenters. The van der Waals surface area contributed by atoms with Crippen molar-refractivity contribution < 1.29 is 9.31 Å². The fourth-order valence-corrected chi connectivity index (χ4v) is 1.77. The van der Waals surface area contributed by atoms with Crippen molar-refractivity contribution in [3.8, 4) is 0 Å². The zero-order valence-electron chi connectivity index (χ0n) is 10.3. The zero-order valence-corrected chi connectivity index (χ0v) is 10.3. The quantitative estimate of drug-likeness (QED) is 0.630. The summed E-state index contributed by atoms with van der Waals surface area (Å²) in [6.07, 6.45) is 1.87. The van der Waals surface area contributed by atoms with E-state index in [-0.39, 0.29) is 11.2 Å². The molecule has 4 nitrogen and oxygen atoms in total. The van der Waals surface area contributed by atoms with Crippen LogP contribution in [0.1, 0.15) is 33.6 Å². The Labute approximate surface area is 100.0 Å². The first-order valence-corrected chi connectivity index (χ1v) is 5.58. The van der Waals surface area contributed by atoms with Crippen molar-refractivity contribution >= 4 is 11.4 Å². The second kappa shape index (κ2) is 5.12. The van der Waals surface area contributed by atoms with Crippen LogP contribution in [0.2, 0.25) is 0 Å². The van der Waals surface area contributed by atoms with Crippen LogP contribution >= 0.6 is 0 Å². The summed E-state index contributed by atoms with van der Waals surface area (Å²) in [5.41, 5.74) is -0.165. The number of hydrogen-bond acceptors (Lipinski definition) is 3. The molecular weight excluding hydrogens is 223 g/mol. The van der Waals surface area contributed by atoms with Gasteiger partial charge in [-0.25, -0.2) is 4.39 Å². The Morgan fingerprint density at radius 3 is 2.59 bits per heavy atom. The van der Waals surface area contributed by atoms with E-state index in [2.05, 4.69) is 12.2 Å². The Hall–Kier alpha value is -1.65. The molecule has 0 atom stereocenters. The minimum Gasteiger partial charge on any atom is -0.378 e. The minimum atomic E-state index is -0.607. The smallest absolute Gasteiger partial charge is 0.272 e. The van der Waals surface area contributed by atoms with E-state index in [0.717, 1.165) is 18.9 Å².